The molecule has 4 fully saturated rings. The average molecular weight is 1150 g/mol. The number of hydrogen-bond donors (Lipinski definition) is 2. The van der Waals surface area contributed by atoms with Gasteiger partial charge in [-0.05, 0) is 0 Å². The molecule has 0 aromatic heterocycles. The van der Waals surface area contributed by atoms with Gasteiger partial charge in [0.1, 0.15) is 0 Å². The van der Waals surface area contributed by atoms with Gasteiger partial charge in [0.25, 0.3) is 22.4 Å². The standard InChI is InChI=1S/C22H2F40N2O6/c23-5(24)1(67-19(51,52)11(35,63(59)60)15(39,40)41)6(25,26)3(69-21(55,56)13(37,65)17(45,46)47)8(29,30)2(5,68-20(53,54)12(36,64(61)62)16(42,43)44)9(31,32)4(7(1,27)28,10(3,33)34)70-22(57,58)14(38,66)18(48,49)50/h65-66H. The molecule has 0 saturated heterocycles. The summed E-state index contributed by atoms with van der Waals surface area (Å²) in [7, 11) is 0. The van der Waals surface area contributed by atoms with Crippen LogP contribution in [0.15, 0.2) is 0 Å². The molecule has 0 radical (unpaired) electrons. The van der Waals surface area contributed by atoms with E-state index in [1.807, 2.05) is 0 Å². The highest BCUT2D eigenvalue weighted by Gasteiger charge is 3.25. The van der Waals surface area contributed by atoms with Gasteiger partial charge in [0, 0.05) is 0 Å². The van der Waals surface area contributed by atoms with Gasteiger partial charge in [0.05, 0.1) is 10.7 Å². The number of halogens is 40. The minimum atomic E-state index is -10.8. The third kappa shape index (κ3) is 5.84. The largest absolute Gasteiger partial charge is 0.457 e. The first kappa shape index (κ1) is 61.2. The fraction of sp³-hybridized carbons (Fsp3) is 1.00. The lowest BCUT2D eigenvalue weighted by Gasteiger charge is -2.79. The number of ether oxygens (including phenoxy) is 4. The van der Waals surface area contributed by atoms with Crippen molar-refractivity contribution in [3.8, 4) is 0 Å². The second kappa shape index (κ2) is 14.4. The summed E-state index contributed by atoms with van der Waals surface area (Å²) in [4.78, 5) is 0. The van der Waals surface area contributed by atoms with Crippen molar-refractivity contribution in [1.29, 1.82) is 0 Å². The summed E-state index contributed by atoms with van der Waals surface area (Å²) in [5, 5.41) is 6.41. The lowest BCUT2D eigenvalue weighted by atomic mass is 9.38. The minimum Gasteiger partial charge on any atom is -0.348 e. The Labute approximate surface area is 347 Å². The van der Waals surface area contributed by atoms with Crippen molar-refractivity contribution in [3.63, 3.8) is 0 Å². The van der Waals surface area contributed by atoms with Crippen molar-refractivity contribution < 1.29 is 205 Å². The van der Waals surface area contributed by atoms with Crippen molar-refractivity contribution in [2.75, 3.05) is 0 Å². The van der Waals surface area contributed by atoms with Gasteiger partial charge in [-0.1, -0.05) is 17.9 Å². The van der Waals surface area contributed by atoms with E-state index < -0.39 is 141 Å². The Morgan fingerprint density at radius 3 is 0.514 bits per heavy atom. The van der Waals surface area contributed by atoms with E-state index in [9.17, 15) is 106 Å². The molecule has 4 atom stereocenters. The Balaban J connectivity index is 3.19. The number of rotatable bonds is 14. The summed E-state index contributed by atoms with van der Waals surface area (Å²) >= 11 is 0. The first-order valence-electron chi connectivity index (χ1n) is 15.0. The quantitative estimate of drug-likeness (QED) is 0.101. The number of aliphatic hydroxyl groups is 2. The van der Waals surface area contributed by atoms with Crippen molar-refractivity contribution in [3.05, 3.63) is 0 Å². The van der Waals surface area contributed by atoms with Crippen molar-refractivity contribution in [1.82, 2.24) is 10.7 Å². The summed E-state index contributed by atoms with van der Waals surface area (Å²) in [6.07, 6.45) is -75.1. The molecule has 4 aliphatic carbocycles. The van der Waals surface area contributed by atoms with E-state index in [-0.39, 0.29) is 0 Å². The molecule has 4 saturated carbocycles. The molecule has 70 heavy (non-hydrogen) atoms. The summed E-state index contributed by atoms with van der Waals surface area (Å²) in [5.41, 5.74) is -43.2. The van der Waals surface area contributed by atoms with Crippen LogP contribution in [0.1, 0.15) is 0 Å². The minimum absolute atomic E-state index is 0.935. The molecule has 48 heteroatoms. The zero-order valence-corrected chi connectivity index (χ0v) is 29.5. The van der Waals surface area contributed by atoms with Crippen LogP contribution in [0.25, 0.3) is 0 Å². The van der Waals surface area contributed by atoms with Crippen molar-refractivity contribution in [2.45, 2.75) is 130 Å². The average Bonchev–Trinajstić information content (AvgIpc) is 3.08. The van der Waals surface area contributed by atoms with Gasteiger partial charge in [0.15, 0.2) is 0 Å². The van der Waals surface area contributed by atoms with E-state index in [2.05, 4.69) is 0 Å². The van der Waals surface area contributed by atoms with Crippen LogP contribution < -0.4 is 0 Å². The zero-order chi connectivity index (χ0) is 57.0. The Kier molecular flexibility index (Phi) is 12.6. The molecule has 0 aliphatic heterocycles. The second-order valence-electron chi connectivity index (χ2n) is 13.6. The Hall–Kier alpha value is -3.12. The Morgan fingerprint density at radius 1 is 0.257 bits per heavy atom. The molecule has 0 heterocycles. The summed E-state index contributed by atoms with van der Waals surface area (Å²) < 4.78 is 591. The summed E-state index contributed by atoms with van der Waals surface area (Å²) in [6, 6.07) is 0. The van der Waals surface area contributed by atoms with Crippen LogP contribution in [0, 0.1) is 0 Å². The fourth-order valence-corrected chi connectivity index (χ4v) is 6.71. The van der Waals surface area contributed by atoms with Crippen LogP contribution in [0.5, 0.6) is 0 Å². The van der Waals surface area contributed by atoms with E-state index in [1.165, 1.54) is 0 Å². The van der Waals surface area contributed by atoms with Gasteiger partial charge in [0.2, 0.25) is 0 Å². The highest BCUT2D eigenvalue weighted by atomic mass is 19.4. The van der Waals surface area contributed by atoms with Crippen LogP contribution in [0.4, 0.5) is 176 Å². The van der Waals surface area contributed by atoms with Gasteiger partial charge in [-0.2, -0.15) is 149 Å². The van der Waals surface area contributed by atoms with Crippen LogP contribution in [0.3, 0.4) is 0 Å². The van der Waals surface area contributed by atoms with E-state index in [0.29, 0.717) is 0 Å². The molecular formula is C22H2F40N2O6. The van der Waals surface area contributed by atoms with Crippen LogP contribution in [-0.4, -0.2) is 151 Å². The van der Waals surface area contributed by atoms with Crippen LogP contribution in [0.2, 0.25) is 0 Å². The monoisotopic (exact) mass is 1150 g/mol. The maximum absolute atomic E-state index is 16.6. The number of hydrogen-bond acceptors (Lipinski definition) is 8. The molecule has 4 unspecified atom stereocenters. The maximum atomic E-state index is 16.6. The smallest absolute Gasteiger partial charge is 0.348 e. The van der Waals surface area contributed by atoms with Gasteiger partial charge in [-0.3, -0.25) is 18.9 Å². The van der Waals surface area contributed by atoms with Gasteiger partial charge >= 0.3 is 108 Å². The van der Waals surface area contributed by atoms with Crippen LogP contribution >= 0.6 is 0 Å². The second-order valence-corrected chi connectivity index (χ2v) is 13.6. The Bertz CT molecular complexity index is 1860. The predicted octanol–water partition coefficient (Wildman–Crippen LogP) is 10.3. The lowest BCUT2D eigenvalue weighted by molar-refractivity contribution is -0.694. The maximum Gasteiger partial charge on any atom is 0.457 e. The Morgan fingerprint density at radius 2 is 0.400 bits per heavy atom. The van der Waals surface area contributed by atoms with E-state index in [0.717, 1.165) is 18.9 Å². The fourth-order valence-electron chi connectivity index (χ4n) is 6.71. The molecule has 4 aliphatic rings. The van der Waals surface area contributed by atoms with Gasteiger partial charge < -0.3 is 10.2 Å². The first-order chi connectivity index (χ1) is 29.7. The molecule has 0 spiro atoms. The van der Waals surface area contributed by atoms with E-state index in [4.69, 9.17) is 10.2 Å². The number of nitrogens with zero attached hydrogens (tertiary/aromatic N) is 2. The summed E-state index contributed by atoms with van der Waals surface area (Å²) in [5.74, 6) is -102. The highest BCUT2D eigenvalue weighted by molar-refractivity contribution is 5.55. The third-order valence-electron chi connectivity index (χ3n) is 9.94. The number of alkyl halides is 36. The molecule has 2 N–H and O–H groups in total. The zero-order valence-electron chi connectivity index (χ0n) is 29.5. The SMILES string of the molecule is OC(F)(C(F)(F)F)C(F)(F)OC12C(F)(F)C3(OC(F)(F)C(O)(F)C(F)(F)F)C(F)(F)C(OC(F)(F)C(F)(N(F)F)C(F)(F)F)(C1(F)F)C(F)(F)C(OC(F)(F)C(F)(N(F)F)C(F)(F)F)(C2(F)F)C3(F)F. The van der Waals surface area contributed by atoms with Crippen molar-refractivity contribution in [2.24, 2.45) is 0 Å². The molecule has 8 nitrogen and oxygen atoms in total. The molecule has 0 amide bonds. The third-order valence-corrected chi connectivity index (χ3v) is 9.94. The van der Waals surface area contributed by atoms with E-state index >= 15 is 70.2 Å². The molecule has 416 valence electrons. The first-order valence-corrected chi connectivity index (χ1v) is 15.0. The molecule has 4 rings (SSSR count). The summed E-state index contributed by atoms with van der Waals surface area (Å²) in [6.45, 7) is 0. The molecule has 0 aromatic carbocycles. The van der Waals surface area contributed by atoms with Crippen LogP contribution in [-0.2, 0) is 18.9 Å². The topological polar surface area (TPSA) is 83.9 Å². The van der Waals surface area contributed by atoms with Gasteiger partial charge in [-0.25, -0.2) is 8.78 Å². The van der Waals surface area contributed by atoms with Crippen molar-refractivity contribution >= 4 is 0 Å². The molecule has 0 aromatic rings. The van der Waals surface area contributed by atoms with Gasteiger partial charge in [-0.15, -0.1) is 0 Å². The predicted molar refractivity (Wildman–Crippen MR) is 117 cm³/mol. The highest BCUT2D eigenvalue weighted by Crippen LogP contribution is 2.90. The normalized spacial score (nSPS) is 33.4. The lowest BCUT2D eigenvalue weighted by Crippen LogP contribution is -3.13. The molecular weight excluding hydrogens is 1150 g/mol. The van der Waals surface area contributed by atoms with E-state index in [1.54, 1.807) is 0 Å². The molecule has 4 bridgehead atoms.